The zero-order valence-electron chi connectivity index (χ0n) is 6.81. The lowest BCUT2D eigenvalue weighted by Crippen LogP contribution is -2.35. The van der Waals surface area contributed by atoms with E-state index in [1.54, 1.807) is 0 Å². The van der Waals surface area contributed by atoms with Crippen LogP contribution in [-0.4, -0.2) is 11.2 Å². The summed E-state index contributed by atoms with van der Waals surface area (Å²) in [6.07, 6.45) is 0.582. The summed E-state index contributed by atoms with van der Waals surface area (Å²) < 4.78 is 0. The molecule has 1 nitrogen and oxygen atoms in total. The van der Waals surface area contributed by atoms with Crippen LogP contribution >= 0.6 is 0 Å². The van der Waals surface area contributed by atoms with Crippen LogP contribution in [0.25, 0.3) is 0 Å². The zero-order chi connectivity index (χ0) is 7.78. The van der Waals surface area contributed by atoms with E-state index in [-0.39, 0.29) is 11.5 Å². The van der Waals surface area contributed by atoms with Gasteiger partial charge in [-0.15, -0.1) is 5.92 Å². The van der Waals surface area contributed by atoms with E-state index in [4.69, 9.17) is 0 Å². The van der Waals surface area contributed by atoms with Gasteiger partial charge in [-0.1, -0.05) is 12.8 Å². The highest BCUT2D eigenvalue weighted by molar-refractivity contribution is 5.16. The van der Waals surface area contributed by atoms with Crippen LogP contribution < -0.4 is 0 Å². The molecule has 0 aliphatic heterocycles. The first kappa shape index (κ1) is 7.63. The Morgan fingerprint density at radius 1 is 1.50 bits per heavy atom. The molecule has 0 aromatic heterocycles. The Morgan fingerprint density at radius 3 is 2.50 bits per heavy atom. The predicted molar refractivity (Wildman–Crippen MR) is 41.3 cm³/mol. The molecule has 0 aromatic carbocycles. The second-order valence-corrected chi connectivity index (χ2v) is 3.65. The Labute approximate surface area is 62.4 Å². The van der Waals surface area contributed by atoms with Gasteiger partial charge in [0.05, 0.1) is 11.5 Å². The number of aliphatic hydroxyl groups excluding tert-OH is 1. The van der Waals surface area contributed by atoms with Gasteiger partial charge >= 0.3 is 0 Å². The van der Waals surface area contributed by atoms with Crippen LogP contribution in [-0.2, 0) is 0 Å². The van der Waals surface area contributed by atoms with E-state index < -0.39 is 0 Å². The van der Waals surface area contributed by atoms with E-state index in [1.165, 1.54) is 0 Å². The predicted octanol–water partition coefficient (Wildman–Crippen LogP) is 1.42. The van der Waals surface area contributed by atoms with Crippen molar-refractivity contribution in [3.8, 4) is 11.8 Å². The van der Waals surface area contributed by atoms with Crippen molar-refractivity contribution in [1.82, 2.24) is 0 Å². The van der Waals surface area contributed by atoms with Crippen molar-refractivity contribution in [2.75, 3.05) is 0 Å². The normalized spacial score (nSPS) is 36.4. The maximum absolute atomic E-state index is 9.60. The summed E-state index contributed by atoms with van der Waals surface area (Å²) in [7, 11) is 0. The van der Waals surface area contributed by atoms with Gasteiger partial charge in [-0.2, -0.15) is 0 Å². The van der Waals surface area contributed by atoms with Gasteiger partial charge in [0.25, 0.3) is 0 Å². The molecule has 0 saturated carbocycles. The van der Waals surface area contributed by atoms with Crippen LogP contribution in [0.1, 0.15) is 27.2 Å². The van der Waals surface area contributed by atoms with Crippen LogP contribution in [0, 0.1) is 23.2 Å². The lowest BCUT2D eigenvalue weighted by Gasteiger charge is -2.31. The molecule has 2 atom stereocenters. The Morgan fingerprint density at radius 2 is 2.10 bits per heavy atom. The summed E-state index contributed by atoms with van der Waals surface area (Å²) in [5.74, 6) is 6.41. The first-order valence-corrected chi connectivity index (χ1v) is 3.72. The largest absolute Gasteiger partial charge is 0.391 e. The molecule has 0 saturated heterocycles. The topological polar surface area (TPSA) is 20.2 Å². The van der Waals surface area contributed by atoms with E-state index in [0.29, 0.717) is 5.92 Å². The molecular weight excluding hydrogens is 124 g/mol. The van der Waals surface area contributed by atoms with Gasteiger partial charge < -0.3 is 5.11 Å². The van der Waals surface area contributed by atoms with Crippen molar-refractivity contribution in [2.45, 2.75) is 33.3 Å². The molecule has 56 valence electrons. The van der Waals surface area contributed by atoms with E-state index in [2.05, 4.69) is 11.8 Å². The number of hydrogen-bond acceptors (Lipinski definition) is 1. The van der Waals surface area contributed by atoms with E-state index in [1.807, 2.05) is 20.8 Å². The number of hydrogen-bond donors (Lipinski definition) is 1. The Bertz CT molecular complexity index is 183. The number of aliphatic hydroxyl groups is 1. The second-order valence-electron chi connectivity index (χ2n) is 3.65. The maximum atomic E-state index is 9.60. The second kappa shape index (κ2) is 2.29. The van der Waals surface area contributed by atoms with Gasteiger partial charge in [-0.3, -0.25) is 0 Å². The Kier molecular flexibility index (Phi) is 1.74. The summed E-state index contributed by atoms with van der Waals surface area (Å²) >= 11 is 0. The van der Waals surface area contributed by atoms with Crippen LogP contribution in [0.15, 0.2) is 0 Å². The van der Waals surface area contributed by atoms with Crippen molar-refractivity contribution < 1.29 is 5.11 Å². The fourth-order valence-corrected chi connectivity index (χ4v) is 1.34. The van der Waals surface area contributed by atoms with Gasteiger partial charge in [0, 0.05) is 6.42 Å². The molecule has 0 fully saturated rings. The molecule has 0 spiro atoms. The van der Waals surface area contributed by atoms with Crippen molar-refractivity contribution in [2.24, 2.45) is 11.3 Å². The Hall–Kier alpha value is -0.480. The highest BCUT2D eigenvalue weighted by atomic mass is 16.3. The summed E-state index contributed by atoms with van der Waals surface area (Å²) in [6.45, 7) is 6.01. The standard InChI is InChI=1S/C9H14O/c1-7-5-4-6-9(2,3)8(7)10/h7-8,10H,5H2,1-3H3. The van der Waals surface area contributed by atoms with Gasteiger partial charge in [-0.05, 0) is 19.8 Å². The highest BCUT2D eigenvalue weighted by Crippen LogP contribution is 2.29. The summed E-state index contributed by atoms with van der Waals surface area (Å²) in [6, 6.07) is 0. The minimum absolute atomic E-state index is 0.197. The first-order chi connectivity index (χ1) is 4.54. The van der Waals surface area contributed by atoms with Gasteiger partial charge in [-0.25, -0.2) is 0 Å². The van der Waals surface area contributed by atoms with Crippen molar-refractivity contribution in [3.63, 3.8) is 0 Å². The average molecular weight is 138 g/mol. The fraction of sp³-hybridized carbons (Fsp3) is 0.778. The van der Waals surface area contributed by atoms with Crippen molar-refractivity contribution in [3.05, 3.63) is 0 Å². The molecule has 0 aromatic rings. The third-order valence-electron chi connectivity index (χ3n) is 2.11. The summed E-state index contributed by atoms with van der Waals surface area (Å²) in [5, 5.41) is 9.60. The van der Waals surface area contributed by atoms with Crippen molar-refractivity contribution >= 4 is 0 Å². The molecule has 0 amide bonds. The quantitative estimate of drug-likeness (QED) is 0.502. The number of rotatable bonds is 0. The van der Waals surface area contributed by atoms with Crippen LogP contribution in [0.3, 0.4) is 0 Å². The van der Waals surface area contributed by atoms with Crippen LogP contribution in [0.4, 0.5) is 0 Å². The van der Waals surface area contributed by atoms with Gasteiger partial charge in [0.1, 0.15) is 0 Å². The Balaban J connectivity index is 2.83. The maximum Gasteiger partial charge on any atom is 0.0734 e. The van der Waals surface area contributed by atoms with Crippen LogP contribution in [0.5, 0.6) is 0 Å². The zero-order valence-corrected chi connectivity index (χ0v) is 6.81. The minimum atomic E-state index is -0.256. The third-order valence-corrected chi connectivity index (χ3v) is 2.11. The van der Waals surface area contributed by atoms with Gasteiger partial charge in [0.15, 0.2) is 0 Å². The molecule has 0 heterocycles. The summed E-state index contributed by atoms with van der Waals surface area (Å²) in [5.41, 5.74) is -0.197. The van der Waals surface area contributed by atoms with E-state index in [9.17, 15) is 5.11 Å². The minimum Gasteiger partial charge on any atom is -0.391 e. The molecular formula is C9H14O. The lowest BCUT2D eigenvalue weighted by molar-refractivity contribution is 0.0368. The van der Waals surface area contributed by atoms with Gasteiger partial charge in [0.2, 0.25) is 0 Å². The lowest BCUT2D eigenvalue weighted by atomic mass is 9.76. The molecule has 0 bridgehead atoms. The monoisotopic (exact) mass is 138 g/mol. The molecule has 1 N–H and O–H groups in total. The SMILES string of the molecule is CC1CC#CC(C)(C)C1O. The molecule has 1 aliphatic rings. The molecule has 10 heavy (non-hydrogen) atoms. The van der Waals surface area contributed by atoms with E-state index in [0.717, 1.165) is 6.42 Å². The molecule has 2 unspecified atom stereocenters. The smallest absolute Gasteiger partial charge is 0.0734 e. The van der Waals surface area contributed by atoms with Crippen LogP contribution in [0.2, 0.25) is 0 Å². The third kappa shape index (κ3) is 1.17. The molecule has 1 aliphatic carbocycles. The molecule has 1 heteroatoms. The van der Waals surface area contributed by atoms with Crippen molar-refractivity contribution in [1.29, 1.82) is 0 Å². The first-order valence-electron chi connectivity index (χ1n) is 3.72. The molecule has 1 rings (SSSR count). The van der Waals surface area contributed by atoms with E-state index >= 15 is 0 Å². The fourth-order valence-electron chi connectivity index (χ4n) is 1.34. The highest BCUT2D eigenvalue weighted by Gasteiger charge is 2.32. The molecule has 0 radical (unpaired) electrons. The average Bonchev–Trinajstić information content (AvgIpc) is 1.83. The summed E-state index contributed by atoms with van der Waals surface area (Å²) in [4.78, 5) is 0.